The zero-order valence-electron chi connectivity index (χ0n) is 19.4. The van der Waals surface area contributed by atoms with Crippen molar-refractivity contribution in [2.75, 3.05) is 0 Å². The molecule has 3 aromatic rings. The number of rotatable bonds is 6. The van der Waals surface area contributed by atoms with E-state index < -0.39 is 40.6 Å². The number of benzene rings is 2. The third kappa shape index (κ3) is 6.18. The van der Waals surface area contributed by atoms with Gasteiger partial charge in [0.1, 0.15) is 15.5 Å². The molecule has 0 bridgehead atoms. The van der Waals surface area contributed by atoms with Crippen molar-refractivity contribution in [3.05, 3.63) is 99.4 Å². The molecular weight excluding hydrogens is 536 g/mol. The number of fused-ring (bicyclic) bond motifs is 1. The van der Waals surface area contributed by atoms with Gasteiger partial charge in [0.2, 0.25) is 0 Å². The molecule has 4 rings (SSSR count). The minimum absolute atomic E-state index is 0.0247. The first-order chi connectivity index (χ1) is 17.9. The zero-order chi connectivity index (χ0) is 27.5. The molecule has 0 spiro atoms. The van der Waals surface area contributed by atoms with Gasteiger partial charge in [0.15, 0.2) is 0 Å². The van der Waals surface area contributed by atoms with E-state index in [-0.39, 0.29) is 16.8 Å². The second-order valence-electron chi connectivity index (χ2n) is 8.00. The maximum absolute atomic E-state index is 12.2. The topological polar surface area (TPSA) is 183 Å². The van der Waals surface area contributed by atoms with Gasteiger partial charge in [-0.2, -0.15) is 26.7 Å². The standard InChI is InChI=1S/C24H20N4O8S2/c29-28(30)20-14-12-18(24(16-20)38(34,35)36)10-9-17-11-13-19(15-23(17)37(31,32)33)27-25-21-7-5-3-1-2-4-6-8-22(21)26-27/h1-3,5-6,8-16H,4,7H2,(H,31,32,33)(H,34,35,36)/b2-1-,5-3-,8-6?,10-9+. The van der Waals surface area contributed by atoms with Crippen LogP contribution in [0.2, 0.25) is 0 Å². The number of hydrogen-bond acceptors (Lipinski definition) is 8. The van der Waals surface area contributed by atoms with Gasteiger partial charge < -0.3 is 0 Å². The van der Waals surface area contributed by atoms with Gasteiger partial charge in [-0.15, -0.1) is 5.10 Å². The molecule has 2 aromatic carbocycles. The lowest BCUT2D eigenvalue weighted by Gasteiger charge is -2.07. The minimum Gasteiger partial charge on any atom is -0.282 e. The number of nitro benzene ring substituents is 1. The van der Waals surface area contributed by atoms with Crippen molar-refractivity contribution in [1.29, 1.82) is 0 Å². The van der Waals surface area contributed by atoms with Crippen LogP contribution in [-0.2, 0) is 26.7 Å². The molecule has 0 atom stereocenters. The van der Waals surface area contributed by atoms with Crippen LogP contribution in [-0.4, -0.2) is 45.9 Å². The maximum Gasteiger partial charge on any atom is 0.295 e. The highest BCUT2D eigenvalue weighted by Gasteiger charge is 2.20. The van der Waals surface area contributed by atoms with Crippen molar-refractivity contribution >= 4 is 44.2 Å². The monoisotopic (exact) mass is 556 g/mol. The molecule has 2 N–H and O–H groups in total. The molecule has 1 aliphatic rings. The molecule has 0 saturated heterocycles. The summed E-state index contributed by atoms with van der Waals surface area (Å²) in [6.07, 6.45) is 14.9. The summed E-state index contributed by atoms with van der Waals surface area (Å²) in [6, 6.07) is 6.80. The molecule has 0 unspecified atom stereocenters. The summed E-state index contributed by atoms with van der Waals surface area (Å²) >= 11 is 0. The Kier molecular flexibility index (Phi) is 7.50. The van der Waals surface area contributed by atoms with E-state index in [4.69, 9.17) is 0 Å². The SMILES string of the molecule is O=[N+]([O-])c1ccc(/C=C/c2ccc(-n3nc4c(n3)C/C=C\C=C/CC=C4)cc2S(=O)(=O)O)c(S(=O)(=O)O)c1. The Bertz CT molecular complexity index is 1750. The number of aromatic nitrogens is 3. The van der Waals surface area contributed by atoms with E-state index >= 15 is 0 Å². The van der Waals surface area contributed by atoms with Crippen molar-refractivity contribution in [2.45, 2.75) is 22.6 Å². The predicted octanol–water partition coefficient (Wildman–Crippen LogP) is 3.91. The lowest BCUT2D eigenvalue weighted by Crippen LogP contribution is -2.05. The maximum atomic E-state index is 12.2. The van der Waals surface area contributed by atoms with Crippen LogP contribution in [0.1, 0.15) is 28.9 Å². The van der Waals surface area contributed by atoms with E-state index in [1.807, 2.05) is 30.4 Å². The highest BCUT2D eigenvalue weighted by atomic mass is 32.2. The lowest BCUT2D eigenvalue weighted by atomic mass is 10.1. The Labute approximate surface area is 217 Å². The third-order valence-electron chi connectivity index (χ3n) is 5.39. The number of hydrogen-bond donors (Lipinski definition) is 2. The molecule has 1 aromatic heterocycles. The van der Waals surface area contributed by atoms with Crippen LogP contribution in [0, 0.1) is 10.1 Å². The van der Waals surface area contributed by atoms with Crippen LogP contribution in [0.3, 0.4) is 0 Å². The fourth-order valence-corrected chi connectivity index (χ4v) is 5.00. The second-order valence-corrected chi connectivity index (χ2v) is 10.8. The highest BCUT2D eigenvalue weighted by Crippen LogP contribution is 2.26. The van der Waals surface area contributed by atoms with E-state index in [0.29, 0.717) is 30.3 Å². The summed E-state index contributed by atoms with van der Waals surface area (Å²) in [5, 5.41) is 19.9. The van der Waals surface area contributed by atoms with Crippen LogP contribution >= 0.6 is 0 Å². The Morgan fingerprint density at radius 2 is 1.50 bits per heavy atom. The van der Waals surface area contributed by atoms with Crippen molar-refractivity contribution < 1.29 is 30.9 Å². The van der Waals surface area contributed by atoms with Gasteiger partial charge in [-0.05, 0) is 41.8 Å². The molecular formula is C24H20N4O8S2. The van der Waals surface area contributed by atoms with Crippen LogP contribution < -0.4 is 0 Å². The normalized spacial score (nSPS) is 15.7. The highest BCUT2D eigenvalue weighted by molar-refractivity contribution is 7.86. The van der Waals surface area contributed by atoms with Gasteiger partial charge in [-0.25, -0.2) is 0 Å². The molecule has 0 saturated carbocycles. The van der Waals surface area contributed by atoms with Gasteiger partial charge in [0.05, 0.1) is 16.3 Å². The number of allylic oxidation sites excluding steroid dienone is 5. The molecule has 196 valence electrons. The third-order valence-corrected chi connectivity index (χ3v) is 7.21. The summed E-state index contributed by atoms with van der Waals surface area (Å²) < 4.78 is 67.3. The summed E-state index contributed by atoms with van der Waals surface area (Å²) in [5.74, 6) is 0. The molecule has 14 heteroatoms. The predicted molar refractivity (Wildman–Crippen MR) is 139 cm³/mol. The molecule has 38 heavy (non-hydrogen) atoms. The van der Waals surface area contributed by atoms with Crippen molar-refractivity contribution in [3.8, 4) is 5.69 Å². The van der Waals surface area contributed by atoms with Crippen LogP contribution in [0.4, 0.5) is 5.69 Å². The average Bonchev–Trinajstić information content (AvgIpc) is 3.26. The van der Waals surface area contributed by atoms with E-state index in [9.17, 15) is 36.1 Å². The Morgan fingerprint density at radius 3 is 2.16 bits per heavy atom. The van der Waals surface area contributed by atoms with Gasteiger partial charge in [-0.3, -0.25) is 19.2 Å². The average molecular weight is 557 g/mol. The van der Waals surface area contributed by atoms with Crippen LogP contribution in [0.15, 0.2) is 76.6 Å². The molecule has 0 aliphatic heterocycles. The number of non-ortho nitro benzene ring substituents is 1. The van der Waals surface area contributed by atoms with Crippen molar-refractivity contribution in [3.63, 3.8) is 0 Å². The van der Waals surface area contributed by atoms with Crippen molar-refractivity contribution in [1.82, 2.24) is 15.0 Å². The van der Waals surface area contributed by atoms with Gasteiger partial charge >= 0.3 is 0 Å². The molecule has 12 nitrogen and oxygen atoms in total. The van der Waals surface area contributed by atoms with E-state index in [2.05, 4.69) is 10.2 Å². The first-order valence-corrected chi connectivity index (χ1v) is 13.8. The molecule has 0 radical (unpaired) electrons. The minimum atomic E-state index is -4.84. The molecule has 1 heterocycles. The fraction of sp³-hybridized carbons (Fsp3) is 0.0833. The fourth-order valence-electron chi connectivity index (χ4n) is 3.60. The first-order valence-electron chi connectivity index (χ1n) is 10.9. The first kappa shape index (κ1) is 26.8. The summed E-state index contributed by atoms with van der Waals surface area (Å²) in [6.45, 7) is 0. The lowest BCUT2D eigenvalue weighted by molar-refractivity contribution is -0.385. The smallest absolute Gasteiger partial charge is 0.282 e. The van der Waals surface area contributed by atoms with Crippen molar-refractivity contribution in [2.24, 2.45) is 0 Å². The van der Waals surface area contributed by atoms with Gasteiger partial charge in [0.25, 0.3) is 25.9 Å². The van der Waals surface area contributed by atoms with Crippen LogP contribution in [0.5, 0.6) is 0 Å². The Hall–Kier alpha value is -4.24. The van der Waals surface area contributed by atoms with E-state index in [1.165, 1.54) is 23.0 Å². The molecule has 1 aliphatic carbocycles. The van der Waals surface area contributed by atoms with Gasteiger partial charge in [-0.1, -0.05) is 48.6 Å². The van der Waals surface area contributed by atoms with Gasteiger partial charge in [0, 0.05) is 18.6 Å². The Morgan fingerprint density at radius 1 is 0.868 bits per heavy atom. The Balaban J connectivity index is 1.76. The summed E-state index contributed by atoms with van der Waals surface area (Å²) in [5.41, 5.74) is 0.758. The number of nitrogens with zero attached hydrogens (tertiary/aromatic N) is 4. The van der Waals surface area contributed by atoms with E-state index in [1.54, 1.807) is 6.08 Å². The largest absolute Gasteiger partial charge is 0.295 e. The number of nitro groups is 1. The quantitative estimate of drug-likeness (QED) is 0.195. The van der Waals surface area contributed by atoms with Crippen LogP contribution in [0.25, 0.3) is 23.9 Å². The zero-order valence-corrected chi connectivity index (χ0v) is 21.1. The molecule has 0 amide bonds. The second kappa shape index (κ2) is 10.6. The molecule has 0 fully saturated rings. The summed E-state index contributed by atoms with van der Waals surface area (Å²) in [4.78, 5) is 10.2. The van der Waals surface area contributed by atoms with E-state index in [0.717, 1.165) is 24.3 Å². The summed E-state index contributed by atoms with van der Waals surface area (Å²) in [7, 11) is -9.60.